The number of ether oxygens (including phenoxy) is 1. The second-order valence-corrected chi connectivity index (χ2v) is 4.58. The zero-order valence-corrected chi connectivity index (χ0v) is 11.1. The monoisotopic (exact) mass is 328 g/mol. The molecular weight excluding hydrogens is 323 g/mol. The molecule has 1 aromatic heterocycles. The molecular formula is C11H6BrClN2O3. The van der Waals surface area contributed by atoms with Crippen LogP contribution in [0.2, 0.25) is 5.02 Å². The predicted molar refractivity (Wildman–Crippen MR) is 68.2 cm³/mol. The molecule has 0 aliphatic carbocycles. The minimum absolute atomic E-state index is 0.0472. The number of carbonyl (C=O) groups is 1. The number of hydrogen-bond acceptors (Lipinski definition) is 4. The van der Waals surface area contributed by atoms with E-state index < -0.39 is 5.97 Å². The molecule has 0 spiro atoms. The molecule has 0 aliphatic rings. The summed E-state index contributed by atoms with van der Waals surface area (Å²) >= 11 is 8.91. The summed E-state index contributed by atoms with van der Waals surface area (Å²) in [6.07, 6.45) is 3.00. The molecule has 0 radical (unpaired) electrons. The van der Waals surface area contributed by atoms with Gasteiger partial charge >= 0.3 is 12.0 Å². The standard InChI is InChI=1S/C11H6BrClN2O3/c12-6-4-14-11(15-5-6)18-9-2-1-7(13)3-8(9)10(16)17/h1-5H,(H,16,17). The SMILES string of the molecule is O=C(O)c1cc(Cl)ccc1Oc1ncc(Br)cn1. The van der Waals surface area contributed by atoms with E-state index in [4.69, 9.17) is 21.4 Å². The number of rotatable bonds is 3. The van der Waals surface area contributed by atoms with Crippen LogP contribution in [0.15, 0.2) is 35.1 Å². The maximum Gasteiger partial charge on any atom is 0.339 e. The zero-order chi connectivity index (χ0) is 13.1. The van der Waals surface area contributed by atoms with Crippen molar-refractivity contribution in [2.24, 2.45) is 0 Å². The zero-order valence-electron chi connectivity index (χ0n) is 8.80. The summed E-state index contributed by atoms with van der Waals surface area (Å²) in [5, 5.41) is 9.34. The molecule has 7 heteroatoms. The summed E-state index contributed by atoms with van der Waals surface area (Å²) in [4.78, 5) is 18.8. The number of aromatic nitrogens is 2. The molecule has 0 unspecified atom stereocenters. The first-order chi connectivity index (χ1) is 8.56. The van der Waals surface area contributed by atoms with Gasteiger partial charge < -0.3 is 9.84 Å². The highest BCUT2D eigenvalue weighted by Gasteiger charge is 2.13. The van der Waals surface area contributed by atoms with E-state index in [2.05, 4.69) is 25.9 Å². The quantitative estimate of drug-likeness (QED) is 0.934. The molecule has 1 heterocycles. The summed E-state index contributed by atoms with van der Waals surface area (Å²) in [5.41, 5.74) is -0.0472. The van der Waals surface area contributed by atoms with Crippen molar-refractivity contribution in [3.63, 3.8) is 0 Å². The molecule has 5 nitrogen and oxygen atoms in total. The minimum Gasteiger partial charge on any atom is -0.478 e. The Morgan fingerprint density at radius 3 is 2.61 bits per heavy atom. The maximum atomic E-state index is 11.0. The molecule has 0 bridgehead atoms. The van der Waals surface area contributed by atoms with Crippen molar-refractivity contribution in [3.05, 3.63) is 45.7 Å². The molecule has 1 aromatic carbocycles. The van der Waals surface area contributed by atoms with Crippen molar-refractivity contribution in [1.29, 1.82) is 0 Å². The Kier molecular flexibility index (Phi) is 3.78. The molecule has 0 saturated carbocycles. The van der Waals surface area contributed by atoms with E-state index in [-0.39, 0.29) is 17.3 Å². The first-order valence-electron chi connectivity index (χ1n) is 4.74. The lowest BCUT2D eigenvalue weighted by molar-refractivity contribution is 0.0694. The van der Waals surface area contributed by atoms with E-state index in [1.54, 1.807) is 0 Å². The second-order valence-electron chi connectivity index (χ2n) is 3.23. The van der Waals surface area contributed by atoms with Gasteiger partial charge in [0, 0.05) is 17.4 Å². The molecule has 0 atom stereocenters. The van der Waals surface area contributed by atoms with Gasteiger partial charge in [-0.3, -0.25) is 0 Å². The third-order valence-corrected chi connectivity index (χ3v) is 2.61. The third-order valence-electron chi connectivity index (χ3n) is 1.97. The van der Waals surface area contributed by atoms with Crippen LogP contribution in [0.5, 0.6) is 11.8 Å². The van der Waals surface area contributed by atoms with E-state index in [1.165, 1.54) is 30.6 Å². The van der Waals surface area contributed by atoms with E-state index >= 15 is 0 Å². The average Bonchev–Trinajstić information content (AvgIpc) is 2.34. The minimum atomic E-state index is -1.13. The van der Waals surface area contributed by atoms with Crippen LogP contribution >= 0.6 is 27.5 Å². The van der Waals surface area contributed by atoms with Gasteiger partial charge in [-0.25, -0.2) is 14.8 Å². The number of carboxylic acids is 1. The lowest BCUT2D eigenvalue weighted by Crippen LogP contribution is -2.01. The van der Waals surface area contributed by atoms with Crippen LogP contribution < -0.4 is 4.74 Å². The van der Waals surface area contributed by atoms with Gasteiger partial charge in [-0.2, -0.15) is 0 Å². The number of benzene rings is 1. The Balaban J connectivity index is 2.34. The summed E-state index contributed by atoms with van der Waals surface area (Å²) < 4.78 is 6.00. The van der Waals surface area contributed by atoms with Crippen LogP contribution in [0.3, 0.4) is 0 Å². The van der Waals surface area contributed by atoms with Gasteiger partial charge in [0.2, 0.25) is 0 Å². The fourth-order valence-corrected chi connectivity index (χ4v) is 1.59. The van der Waals surface area contributed by atoms with Crippen LogP contribution in [-0.2, 0) is 0 Å². The molecule has 2 aromatic rings. The highest BCUT2D eigenvalue weighted by molar-refractivity contribution is 9.10. The maximum absolute atomic E-state index is 11.0. The number of halogens is 2. The van der Waals surface area contributed by atoms with E-state index in [1.807, 2.05) is 0 Å². The summed E-state index contributed by atoms with van der Waals surface area (Å²) in [7, 11) is 0. The Hall–Kier alpha value is -1.66. The lowest BCUT2D eigenvalue weighted by Gasteiger charge is -2.07. The van der Waals surface area contributed by atoms with Gasteiger partial charge in [0.15, 0.2) is 0 Å². The van der Waals surface area contributed by atoms with E-state index in [0.717, 1.165) is 0 Å². The van der Waals surface area contributed by atoms with Gasteiger partial charge in [-0.05, 0) is 34.1 Å². The predicted octanol–water partition coefficient (Wildman–Crippen LogP) is 3.38. The number of carboxylic acid groups (broad SMARTS) is 1. The van der Waals surface area contributed by atoms with Crippen LogP contribution in [-0.4, -0.2) is 21.0 Å². The molecule has 1 N–H and O–H groups in total. The molecule has 0 aliphatic heterocycles. The molecule has 18 heavy (non-hydrogen) atoms. The Labute approximate surface area is 116 Å². The first kappa shape index (κ1) is 12.8. The second kappa shape index (κ2) is 5.32. The number of aromatic carboxylic acids is 1. The summed E-state index contributed by atoms with van der Waals surface area (Å²) in [6.45, 7) is 0. The van der Waals surface area contributed by atoms with Crippen LogP contribution in [0.4, 0.5) is 0 Å². The van der Waals surface area contributed by atoms with Crippen molar-refractivity contribution in [2.75, 3.05) is 0 Å². The van der Waals surface area contributed by atoms with E-state index in [0.29, 0.717) is 9.50 Å². The van der Waals surface area contributed by atoms with Crippen LogP contribution in [0, 0.1) is 0 Å². The number of hydrogen-bond donors (Lipinski definition) is 1. The normalized spacial score (nSPS) is 10.1. The van der Waals surface area contributed by atoms with Crippen molar-refractivity contribution in [2.45, 2.75) is 0 Å². The topological polar surface area (TPSA) is 72.3 Å². The van der Waals surface area contributed by atoms with Crippen molar-refractivity contribution in [3.8, 4) is 11.8 Å². The van der Waals surface area contributed by atoms with Crippen molar-refractivity contribution in [1.82, 2.24) is 9.97 Å². The van der Waals surface area contributed by atoms with E-state index in [9.17, 15) is 4.79 Å². The van der Waals surface area contributed by atoms with Crippen LogP contribution in [0.25, 0.3) is 0 Å². The molecule has 92 valence electrons. The first-order valence-corrected chi connectivity index (χ1v) is 5.91. The third kappa shape index (κ3) is 2.96. The Bertz CT molecular complexity index is 589. The lowest BCUT2D eigenvalue weighted by atomic mass is 10.2. The van der Waals surface area contributed by atoms with Crippen LogP contribution in [0.1, 0.15) is 10.4 Å². The summed E-state index contributed by atoms with van der Waals surface area (Å²) in [6, 6.07) is 4.35. The van der Waals surface area contributed by atoms with Gasteiger partial charge in [0.1, 0.15) is 11.3 Å². The smallest absolute Gasteiger partial charge is 0.339 e. The van der Waals surface area contributed by atoms with Gasteiger partial charge in [-0.1, -0.05) is 11.6 Å². The highest BCUT2D eigenvalue weighted by atomic mass is 79.9. The Morgan fingerprint density at radius 2 is 2.00 bits per heavy atom. The molecule has 0 fully saturated rings. The van der Waals surface area contributed by atoms with Gasteiger partial charge in [-0.15, -0.1) is 0 Å². The van der Waals surface area contributed by atoms with Crippen molar-refractivity contribution >= 4 is 33.5 Å². The molecule has 2 rings (SSSR count). The molecule has 0 amide bonds. The summed E-state index contributed by atoms with van der Waals surface area (Å²) in [5.74, 6) is -1.00. The Morgan fingerprint density at radius 1 is 1.33 bits per heavy atom. The van der Waals surface area contributed by atoms with Crippen molar-refractivity contribution < 1.29 is 14.6 Å². The van der Waals surface area contributed by atoms with Gasteiger partial charge in [0.25, 0.3) is 0 Å². The fourth-order valence-electron chi connectivity index (χ4n) is 1.21. The number of nitrogens with zero attached hydrogens (tertiary/aromatic N) is 2. The molecule has 0 saturated heterocycles. The van der Waals surface area contributed by atoms with Gasteiger partial charge in [0.05, 0.1) is 4.47 Å². The fraction of sp³-hybridized carbons (Fsp3) is 0. The highest BCUT2D eigenvalue weighted by Crippen LogP contribution is 2.26. The largest absolute Gasteiger partial charge is 0.478 e. The average molecular weight is 330 g/mol.